The number of hydrogen-bond donors (Lipinski definition) is 0. The molecule has 2 aromatic rings. The van der Waals surface area contributed by atoms with E-state index < -0.39 is 0 Å². The zero-order valence-corrected chi connectivity index (χ0v) is 6.46. The Morgan fingerprint density at radius 2 is 2.00 bits per heavy atom. The molecule has 0 aliphatic carbocycles. The molecule has 0 unspecified atom stereocenters. The molecule has 0 N–H and O–H groups in total. The lowest BCUT2D eigenvalue weighted by Crippen LogP contribution is -2.00. The van der Waals surface area contributed by atoms with Crippen molar-refractivity contribution in [2.45, 2.75) is 6.54 Å². The van der Waals surface area contributed by atoms with Crippen LogP contribution in [0.2, 0.25) is 0 Å². The number of aromatic nitrogens is 4. The predicted molar refractivity (Wildman–Crippen MR) is 43.4 cm³/mol. The normalized spacial score (nSPS) is 10.0. The van der Waals surface area contributed by atoms with Gasteiger partial charge in [0.15, 0.2) is 0 Å². The van der Waals surface area contributed by atoms with Gasteiger partial charge in [0.2, 0.25) is 0 Å². The van der Waals surface area contributed by atoms with Gasteiger partial charge in [0.25, 0.3) is 0 Å². The van der Waals surface area contributed by atoms with Gasteiger partial charge >= 0.3 is 0 Å². The Balaban J connectivity index is 2.15. The summed E-state index contributed by atoms with van der Waals surface area (Å²) < 4.78 is 1.77. The quantitative estimate of drug-likeness (QED) is 0.650. The molecule has 0 spiro atoms. The minimum absolute atomic E-state index is 0.752. The number of hydrogen-bond acceptors (Lipinski definition) is 3. The van der Waals surface area contributed by atoms with Gasteiger partial charge in [-0.05, 0) is 17.7 Å². The van der Waals surface area contributed by atoms with E-state index in [1.165, 1.54) is 5.56 Å². The van der Waals surface area contributed by atoms with Crippen molar-refractivity contribution in [2.24, 2.45) is 0 Å². The van der Waals surface area contributed by atoms with Gasteiger partial charge in [0.05, 0.1) is 12.7 Å². The fourth-order valence-electron chi connectivity index (χ4n) is 0.992. The topological polar surface area (TPSA) is 43.6 Å². The van der Waals surface area contributed by atoms with Crippen molar-refractivity contribution >= 4 is 0 Å². The minimum Gasteiger partial charge on any atom is -0.265 e. The molecule has 4 heteroatoms. The van der Waals surface area contributed by atoms with E-state index in [9.17, 15) is 0 Å². The molecule has 0 amide bonds. The Morgan fingerprint density at radius 3 is 2.67 bits per heavy atom. The van der Waals surface area contributed by atoms with Crippen LogP contribution in [0.5, 0.6) is 0 Å². The summed E-state index contributed by atoms with van der Waals surface area (Å²) in [6, 6.07) is 3.92. The molecule has 2 heterocycles. The number of nitrogens with zero attached hydrogens (tertiary/aromatic N) is 4. The largest absolute Gasteiger partial charge is 0.265 e. The van der Waals surface area contributed by atoms with Gasteiger partial charge in [-0.25, -0.2) is 4.68 Å². The molecule has 0 atom stereocenters. The molecular weight excluding hydrogens is 152 g/mol. The van der Waals surface area contributed by atoms with Crippen LogP contribution in [-0.2, 0) is 6.54 Å². The summed E-state index contributed by atoms with van der Waals surface area (Å²) in [7, 11) is 0. The minimum atomic E-state index is 0.752. The molecule has 0 saturated heterocycles. The van der Waals surface area contributed by atoms with Gasteiger partial charge in [0.1, 0.15) is 0 Å². The van der Waals surface area contributed by atoms with Gasteiger partial charge < -0.3 is 0 Å². The molecule has 0 aliphatic rings. The second-order valence-electron chi connectivity index (χ2n) is 2.46. The number of rotatable bonds is 2. The Kier molecular flexibility index (Phi) is 1.82. The maximum absolute atomic E-state index is 3.93. The third kappa shape index (κ3) is 1.47. The highest BCUT2D eigenvalue weighted by molar-refractivity contribution is 5.09. The summed E-state index contributed by atoms with van der Waals surface area (Å²) in [5.74, 6) is 0. The zero-order chi connectivity index (χ0) is 8.23. The highest BCUT2D eigenvalue weighted by atomic mass is 15.4. The first kappa shape index (κ1) is 6.97. The van der Waals surface area contributed by atoms with Crippen molar-refractivity contribution in [2.75, 3.05) is 0 Å². The Labute approximate surface area is 69.9 Å². The van der Waals surface area contributed by atoms with Crippen molar-refractivity contribution in [3.63, 3.8) is 0 Å². The van der Waals surface area contributed by atoms with E-state index in [2.05, 4.69) is 15.3 Å². The molecule has 2 aromatic heterocycles. The predicted octanol–water partition coefficient (Wildman–Crippen LogP) is 0.721. The van der Waals surface area contributed by atoms with Crippen molar-refractivity contribution in [1.82, 2.24) is 20.0 Å². The van der Waals surface area contributed by atoms with Gasteiger partial charge in [-0.3, -0.25) is 4.98 Å². The van der Waals surface area contributed by atoms with Crippen LogP contribution in [0.1, 0.15) is 5.56 Å². The Morgan fingerprint density at radius 1 is 1.17 bits per heavy atom. The molecular formula is C8H8N4. The third-order valence-electron chi connectivity index (χ3n) is 1.57. The summed E-state index contributed by atoms with van der Waals surface area (Å²) in [6.45, 7) is 0.752. The van der Waals surface area contributed by atoms with E-state index in [0.29, 0.717) is 0 Å². The van der Waals surface area contributed by atoms with Gasteiger partial charge in [-0.2, -0.15) is 0 Å². The van der Waals surface area contributed by atoms with Gasteiger partial charge in [0, 0.05) is 18.6 Å². The van der Waals surface area contributed by atoms with Crippen LogP contribution in [0.4, 0.5) is 0 Å². The van der Waals surface area contributed by atoms with E-state index in [1.54, 1.807) is 23.3 Å². The molecule has 0 radical (unpaired) electrons. The van der Waals surface area contributed by atoms with E-state index in [-0.39, 0.29) is 0 Å². The van der Waals surface area contributed by atoms with Crippen LogP contribution in [0.15, 0.2) is 36.9 Å². The number of pyridine rings is 1. The average molecular weight is 160 g/mol. The lowest BCUT2D eigenvalue weighted by atomic mass is 10.3. The molecule has 0 saturated carbocycles. The lowest BCUT2D eigenvalue weighted by molar-refractivity contribution is 0.649. The summed E-state index contributed by atoms with van der Waals surface area (Å²) in [5, 5.41) is 7.57. The molecule has 12 heavy (non-hydrogen) atoms. The Bertz CT molecular complexity index is 327. The van der Waals surface area contributed by atoms with Crippen LogP contribution >= 0.6 is 0 Å². The van der Waals surface area contributed by atoms with E-state index >= 15 is 0 Å². The molecule has 0 bridgehead atoms. The maximum atomic E-state index is 3.93. The first-order valence-corrected chi connectivity index (χ1v) is 3.68. The lowest BCUT2D eigenvalue weighted by Gasteiger charge is -1.98. The smallest absolute Gasteiger partial charge is 0.0693 e. The molecule has 2 rings (SSSR count). The van der Waals surface area contributed by atoms with Crippen molar-refractivity contribution in [1.29, 1.82) is 0 Å². The van der Waals surface area contributed by atoms with Crippen molar-refractivity contribution in [3.8, 4) is 0 Å². The van der Waals surface area contributed by atoms with Crippen LogP contribution in [0.25, 0.3) is 0 Å². The zero-order valence-electron chi connectivity index (χ0n) is 6.46. The standard InChI is InChI=1S/C8H8N4/c1-3-9-4-2-8(1)7-12-6-5-10-11-12/h1-6H,7H2. The average Bonchev–Trinajstić information content (AvgIpc) is 2.59. The second kappa shape index (κ2) is 3.13. The summed E-state index contributed by atoms with van der Waals surface area (Å²) >= 11 is 0. The Hall–Kier alpha value is -1.71. The second-order valence-corrected chi connectivity index (χ2v) is 2.46. The molecule has 0 aromatic carbocycles. The van der Waals surface area contributed by atoms with Crippen LogP contribution in [0.3, 0.4) is 0 Å². The summed E-state index contributed by atoms with van der Waals surface area (Å²) in [6.07, 6.45) is 7.04. The van der Waals surface area contributed by atoms with E-state index in [0.717, 1.165) is 6.54 Å². The maximum Gasteiger partial charge on any atom is 0.0693 e. The van der Waals surface area contributed by atoms with E-state index in [4.69, 9.17) is 0 Å². The fourth-order valence-corrected chi connectivity index (χ4v) is 0.992. The van der Waals surface area contributed by atoms with Crippen molar-refractivity contribution < 1.29 is 0 Å². The first-order valence-electron chi connectivity index (χ1n) is 3.68. The van der Waals surface area contributed by atoms with Crippen LogP contribution in [-0.4, -0.2) is 20.0 Å². The van der Waals surface area contributed by atoms with Gasteiger partial charge in [-0.15, -0.1) is 5.10 Å². The van der Waals surface area contributed by atoms with Crippen LogP contribution < -0.4 is 0 Å². The highest BCUT2D eigenvalue weighted by Gasteiger charge is 1.92. The molecule has 0 fully saturated rings. The fraction of sp³-hybridized carbons (Fsp3) is 0.125. The SMILES string of the molecule is c1cc(Cn2ccnn2)ccn1. The summed E-state index contributed by atoms with van der Waals surface area (Å²) in [4.78, 5) is 3.93. The van der Waals surface area contributed by atoms with Gasteiger partial charge in [-0.1, -0.05) is 5.21 Å². The molecule has 60 valence electrons. The molecule has 0 aliphatic heterocycles. The van der Waals surface area contributed by atoms with E-state index in [1.807, 2.05) is 18.3 Å². The van der Waals surface area contributed by atoms with Crippen LogP contribution in [0, 0.1) is 0 Å². The third-order valence-corrected chi connectivity index (χ3v) is 1.57. The first-order chi connectivity index (χ1) is 5.95. The highest BCUT2D eigenvalue weighted by Crippen LogP contribution is 1.97. The summed E-state index contributed by atoms with van der Waals surface area (Å²) in [5.41, 5.74) is 1.18. The molecule has 4 nitrogen and oxygen atoms in total. The monoisotopic (exact) mass is 160 g/mol. The van der Waals surface area contributed by atoms with Crippen molar-refractivity contribution in [3.05, 3.63) is 42.5 Å².